The van der Waals surface area contributed by atoms with E-state index in [1.54, 1.807) is 33.3 Å². The van der Waals surface area contributed by atoms with Gasteiger partial charge in [0.15, 0.2) is 0 Å². The second-order valence-corrected chi connectivity index (χ2v) is 28.6. The van der Waals surface area contributed by atoms with E-state index in [2.05, 4.69) is 129 Å². The SMILES string of the molecule is C.C.C.C.CCN(C(=O)OC(C)(C)C)c1ccc(Cc2ccc(OC)c(-c3cccc(Cl)c3)c2)cc1.CCNc1ccc(Cc2ccc(OC)c(-c3cccc(Cl)c3)c2)cc1.CI.COc1ccc(CBr)cc1-c1cccc(Cl)c1.COc1ccc(Cc2ccc(NC(=O)OC(C)(C)C)cc2)cc1-c1cccc(Cl)c1. The summed E-state index contributed by atoms with van der Waals surface area (Å²) in [5.74, 6) is 3.32. The molecule has 110 heavy (non-hydrogen) atoms. The highest BCUT2D eigenvalue weighted by Crippen LogP contribution is 2.38. The zero-order chi connectivity index (χ0) is 76.9. The van der Waals surface area contributed by atoms with Crippen LogP contribution in [0.4, 0.5) is 26.7 Å². The lowest BCUT2D eigenvalue weighted by atomic mass is 9.98. The number of nitrogens with zero attached hydrogens (tertiary/aromatic N) is 1. The third-order valence-corrected chi connectivity index (χ3v) is 17.7. The second kappa shape index (κ2) is 47.5. The summed E-state index contributed by atoms with van der Waals surface area (Å²) in [5.41, 5.74) is 18.2. The number of ether oxygens (including phenoxy) is 6. The average Bonchev–Trinajstić information content (AvgIpc) is 0.833. The van der Waals surface area contributed by atoms with Gasteiger partial charge in [0.25, 0.3) is 0 Å². The minimum absolute atomic E-state index is 0. The Kier molecular flexibility index (Phi) is 41.3. The molecule has 0 saturated carbocycles. The van der Waals surface area contributed by atoms with E-state index in [4.69, 9.17) is 74.8 Å². The van der Waals surface area contributed by atoms with Crippen LogP contribution in [-0.4, -0.2) is 69.8 Å². The predicted octanol–water partition coefficient (Wildman–Crippen LogP) is 28.9. The summed E-state index contributed by atoms with van der Waals surface area (Å²) in [5, 5.41) is 9.73. The summed E-state index contributed by atoms with van der Waals surface area (Å²) in [4.78, 5) is 28.0. The number of amides is 2. The molecule has 0 aromatic heterocycles. The van der Waals surface area contributed by atoms with Crippen molar-refractivity contribution in [3.63, 3.8) is 0 Å². The van der Waals surface area contributed by atoms with Gasteiger partial charge in [-0.1, -0.05) is 224 Å². The molecule has 11 nitrogen and oxygen atoms in total. The molecule has 11 aromatic rings. The van der Waals surface area contributed by atoms with E-state index < -0.39 is 17.3 Å². The zero-order valence-electron chi connectivity index (χ0n) is 62.3. The van der Waals surface area contributed by atoms with E-state index >= 15 is 0 Å². The number of hydrogen-bond acceptors (Lipinski definition) is 9. The van der Waals surface area contributed by atoms with Gasteiger partial charge in [0, 0.05) is 77.8 Å². The van der Waals surface area contributed by atoms with Gasteiger partial charge < -0.3 is 33.7 Å². The molecule has 2 N–H and O–H groups in total. The van der Waals surface area contributed by atoms with Crippen LogP contribution in [0.1, 0.15) is 124 Å². The molecule has 0 spiro atoms. The molecule has 0 saturated heterocycles. The fourth-order valence-electron chi connectivity index (χ4n) is 11.3. The number of anilines is 3. The molecule has 586 valence electrons. The Morgan fingerprint density at radius 1 is 0.391 bits per heavy atom. The third-order valence-electron chi connectivity index (χ3n) is 16.1. The first-order valence-corrected chi connectivity index (χ1v) is 39.3. The van der Waals surface area contributed by atoms with Crippen molar-refractivity contribution >= 4 is 114 Å². The van der Waals surface area contributed by atoms with Gasteiger partial charge in [-0.3, -0.25) is 10.2 Å². The van der Waals surface area contributed by atoms with Gasteiger partial charge in [-0.05, 0) is 274 Å². The third kappa shape index (κ3) is 30.2. The highest BCUT2D eigenvalue weighted by Gasteiger charge is 2.23. The molecule has 0 heterocycles. The van der Waals surface area contributed by atoms with Crippen LogP contribution in [0.3, 0.4) is 0 Å². The molecule has 0 aliphatic carbocycles. The van der Waals surface area contributed by atoms with Crippen LogP contribution >= 0.6 is 84.9 Å². The molecular formula is C93H109BrCl4IN3O8. The quantitative estimate of drug-likeness (QED) is 0.0568. The molecule has 0 unspecified atom stereocenters. The topological polar surface area (TPSA) is 117 Å². The summed E-state index contributed by atoms with van der Waals surface area (Å²) in [7, 11) is 6.71. The summed E-state index contributed by atoms with van der Waals surface area (Å²) in [6, 6.07) is 80.3. The van der Waals surface area contributed by atoms with E-state index in [1.165, 1.54) is 16.7 Å². The maximum atomic E-state index is 12.5. The molecule has 2 amide bonds. The van der Waals surface area contributed by atoms with Crippen LogP contribution in [0.5, 0.6) is 23.0 Å². The van der Waals surface area contributed by atoms with Crippen molar-refractivity contribution in [3.05, 3.63) is 302 Å². The molecule has 0 fully saturated rings. The smallest absolute Gasteiger partial charge is 0.414 e. The van der Waals surface area contributed by atoms with E-state index in [-0.39, 0.29) is 35.8 Å². The van der Waals surface area contributed by atoms with Crippen molar-refractivity contribution < 1.29 is 38.0 Å². The van der Waals surface area contributed by atoms with Crippen LogP contribution in [-0.2, 0) is 34.1 Å². The minimum Gasteiger partial charge on any atom is -0.496 e. The number of carbonyl (C=O) groups is 2. The largest absolute Gasteiger partial charge is 0.496 e. The standard InChI is InChI=1S/C27H30ClNO3.C25H26ClNO3.C22H22ClNO.C14H12BrClO.CH3I.4CH4/c1-6-29(26(30)32-27(2,3)4)23-13-10-19(11-14-23)16-20-12-15-25(31-5)24(17-20)21-8-7-9-22(28)18-21;1-25(2,3)30-24(28)27-21-11-8-17(9-12-21)14-18-10-13-23(29-4)22(15-18)19-6-5-7-20(26)16-19;1-3-24-20-10-7-16(8-11-20)13-17-9-12-22(25-2)21(14-17)18-5-4-6-19(23)15-18;1-17-14-6-5-10(9-15)7-13(14)11-3-2-4-12(16)8-11;1-2;;;;/h7-15,17-18H,6,16H2,1-5H3;5-13,15-16H,14H2,1-4H3,(H,27,28);4-12,14-15,24H,3,13H2,1-2H3;2-8H,9H2,1H3;1H3;4*1H4. The highest BCUT2D eigenvalue weighted by atomic mass is 127. The normalized spacial score (nSPS) is 10.3. The summed E-state index contributed by atoms with van der Waals surface area (Å²) >= 11 is 30.1. The van der Waals surface area contributed by atoms with Gasteiger partial charge in [0.05, 0.1) is 28.4 Å². The summed E-state index contributed by atoms with van der Waals surface area (Å²) in [6.45, 7) is 16.6. The molecule has 0 radical (unpaired) electrons. The Labute approximate surface area is 698 Å². The Balaban J connectivity index is 0.000000380. The van der Waals surface area contributed by atoms with Crippen molar-refractivity contribution in [1.29, 1.82) is 0 Å². The van der Waals surface area contributed by atoms with Crippen molar-refractivity contribution in [2.24, 2.45) is 0 Å². The molecule has 11 aromatic carbocycles. The average molecular weight is 1750 g/mol. The van der Waals surface area contributed by atoms with Crippen LogP contribution in [0.25, 0.3) is 44.5 Å². The van der Waals surface area contributed by atoms with E-state index in [0.29, 0.717) is 22.3 Å². The lowest BCUT2D eigenvalue weighted by Crippen LogP contribution is -2.36. The first kappa shape index (κ1) is 95.5. The molecule has 17 heteroatoms. The number of nitrogens with one attached hydrogen (secondary N) is 2. The monoisotopic (exact) mass is 1740 g/mol. The van der Waals surface area contributed by atoms with Crippen LogP contribution < -0.4 is 34.5 Å². The summed E-state index contributed by atoms with van der Waals surface area (Å²) < 4.78 is 32.8. The predicted molar refractivity (Wildman–Crippen MR) is 484 cm³/mol. The number of benzene rings is 11. The van der Waals surface area contributed by atoms with Crippen molar-refractivity contribution in [1.82, 2.24) is 0 Å². The molecule has 0 bridgehead atoms. The lowest BCUT2D eigenvalue weighted by molar-refractivity contribution is 0.0580. The van der Waals surface area contributed by atoms with Gasteiger partial charge >= 0.3 is 12.2 Å². The Morgan fingerprint density at radius 2 is 0.682 bits per heavy atom. The van der Waals surface area contributed by atoms with Crippen LogP contribution in [0.2, 0.25) is 20.1 Å². The van der Waals surface area contributed by atoms with Gasteiger partial charge in [-0.15, -0.1) is 0 Å². The van der Waals surface area contributed by atoms with E-state index in [1.807, 2.05) is 223 Å². The van der Waals surface area contributed by atoms with Gasteiger partial charge in [-0.25, -0.2) is 9.59 Å². The van der Waals surface area contributed by atoms with Gasteiger partial charge in [-0.2, -0.15) is 0 Å². The van der Waals surface area contributed by atoms with E-state index in [9.17, 15) is 9.59 Å². The number of alkyl halides is 2. The lowest BCUT2D eigenvalue weighted by Gasteiger charge is -2.26. The van der Waals surface area contributed by atoms with Crippen molar-refractivity contribution in [2.75, 3.05) is 62.0 Å². The minimum atomic E-state index is -0.529. The first-order valence-electron chi connectivity index (χ1n) is 34.5. The van der Waals surface area contributed by atoms with Crippen LogP contribution in [0.15, 0.2) is 243 Å². The fourth-order valence-corrected chi connectivity index (χ4v) is 12.4. The van der Waals surface area contributed by atoms with Crippen molar-refractivity contribution in [3.8, 4) is 67.5 Å². The highest BCUT2D eigenvalue weighted by molar-refractivity contribution is 14.1. The number of carbonyl (C=O) groups excluding carboxylic acids is 2. The number of halogens is 6. The number of hydrogen-bond donors (Lipinski definition) is 2. The molecule has 11 rings (SSSR count). The fraction of sp³-hybridized carbons (Fsp3) is 0.269. The zero-order valence-corrected chi connectivity index (χ0v) is 69.1. The maximum absolute atomic E-state index is 12.5. The van der Waals surface area contributed by atoms with Gasteiger partial charge in [0.2, 0.25) is 0 Å². The first-order chi connectivity index (χ1) is 50.9. The van der Waals surface area contributed by atoms with Gasteiger partial charge in [0.1, 0.15) is 34.2 Å². The molecular weight excluding hydrogens is 1640 g/mol. The number of rotatable bonds is 20. The van der Waals surface area contributed by atoms with Crippen LogP contribution in [0, 0.1) is 0 Å². The Morgan fingerprint density at radius 3 is 0.964 bits per heavy atom. The molecule has 0 atom stereocenters. The van der Waals surface area contributed by atoms with Crippen molar-refractivity contribution in [2.45, 2.75) is 121 Å². The molecule has 0 aliphatic rings. The second-order valence-electron chi connectivity index (χ2n) is 26.3. The Hall–Kier alpha value is -8.67. The maximum Gasteiger partial charge on any atom is 0.414 e. The van der Waals surface area contributed by atoms with E-state index in [0.717, 1.165) is 142 Å². The summed E-state index contributed by atoms with van der Waals surface area (Å²) in [6.07, 6.45) is 1.59. The molecule has 0 aliphatic heterocycles. The Bertz CT molecular complexity index is 4630. The number of methoxy groups -OCH3 is 4.